The van der Waals surface area contributed by atoms with E-state index in [0.29, 0.717) is 12.8 Å². The second-order valence-corrected chi connectivity index (χ2v) is 7.19. The molecular formula is C20H29N3O2. The van der Waals surface area contributed by atoms with Gasteiger partial charge < -0.3 is 9.80 Å². The van der Waals surface area contributed by atoms with Crippen molar-refractivity contribution in [2.45, 2.75) is 38.1 Å². The maximum atomic E-state index is 12.6. The molecule has 0 saturated carbocycles. The molecule has 1 aromatic rings. The van der Waals surface area contributed by atoms with Crippen LogP contribution < -0.4 is 0 Å². The van der Waals surface area contributed by atoms with Crippen LogP contribution in [0.15, 0.2) is 30.3 Å². The minimum atomic E-state index is 0.221. The maximum absolute atomic E-state index is 12.6. The summed E-state index contributed by atoms with van der Waals surface area (Å²) in [7, 11) is 2.13. The molecule has 0 N–H and O–H groups in total. The van der Waals surface area contributed by atoms with Crippen molar-refractivity contribution in [1.29, 1.82) is 0 Å². The van der Waals surface area contributed by atoms with Crippen molar-refractivity contribution in [2.24, 2.45) is 0 Å². The van der Waals surface area contributed by atoms with Crippen LogP contribution in [0.3, 0.4) is 0 Å². The number of carbonyl (C=O) groups is 2. The van der Waals surface area contributed by atoms with Crippen LogP contribution in [-0.2, 0) is 9.59 Å². The first kappa shape index (κ1) is 17.9. The number of likely N-dealkylation sites (tertiary alicyclic amines) is 1. The van der Waals surface area contributed by atoms with Crippen LogP contribution in [0, 0.1) is 0 Å². The zero-order valence-corrected chi connectivity index (χ0v) is 15.2. The first-order chi connectivity index (χ1) is 12.1. The lowest BCUT2D eigenvalue weighted by molar-refractivity contribution is -0.136. The highest BCUT2D eigenvalue weighted by molar-refractivity contribution is 5.77. The van der Waals surface area contributed by atoms with Crippen molar-refractivity contribution in [3.63, 3.8) is 0 Å². The second-order valence-electron chi connectivity index (χ2n) is 7.19. The van der Waals surface area contributed by atoms with Gasteiger partial charge in [-0.25, -0.2) is 0 Å². The number of nitrogens with zero attached hydrogens (tertiary/aromatic N) is 3. The minimum Gasteiger partial charge on any atom is -0.343 e. The Balaban J connectivity index is 1.49. The Morgan fingerprint density at radius 1 is 1.12 bits per heavy atom. The van der Waals surface area contributed by atoms with Gasteiger partial charge in [-0.05, 0) is 31.9 Å². The zero-order valence-electron chi connectivity index (χ0n) is 15.2. The van der Waals surface area contributed by atoms with Crippen molar-refractivity contribution < 1.29 is 9.59 Å². The Hall–Kier alpha value is -1.88. The summed E-state index contributed by atoms with van der Waals surface area (Å²) in [5, 5.41) is 0. The number of piperazine rings is 1. The largest absolute Gasteiger partial charge is 0.343 e. The molecule has 0 bridgehead atoms. The predicted octanol–water partition coefficient (Wildman–Crippen LogP) is 2.29. The number of rotatable bonds is 5. The molecule has 5 nitrogen and oxygen atoms in total. The summed E-state index contributed by atoms with van der Waals surface area (Å²) in [6.07, 6.45) is 4.08. The molecule has 1 atom stereocenters. The molecule has 2 fully saturated rings. The van der Waals surface area contributed by atoms with Gasteiger partial charge in [0.2, 0.25) is 11.8 Å². The number of hydrogen-bond acceptors (Lipinski definition) is 3. The fraction of sp³-hybridized carbons (Fsp3) is 0.600. The summed E-state index contributed by atoms with van der Waals surface area (Å²) in [5.74, 6) is 0.473. The molecule has 1 aromatic carbocycles. The number of benzene rings is 1. The highest BCUT2D eigenvalue weighted by Crippen LogP contribution is 2.24. The summed E-state index contributed by atoms with van der Waals surface area (Å²) in [6, 6.07) is 10.7. The Morgan fingerprint density at radius 2 is 1.92 bits per heavy atom. The third-order valence-electron chi connectivity index (χ3n) is 5.43. The molecule has 1 unspecified atom stereocenters. The number of carbonyl (C=O) groups excluding carboxylic acids is 2. The van der Waals surface area contributed by atoms with Gasteiger partial charge in [-0.15, -0.1) is 0 Å². The first-order valence-electron chi connectivity index (χ1n) is 9.46. The Kier molecular flexibility index (Phi) is 6.08. The third kappa shape index (κ3) is 4.60. The quantitative estimate of drug-likeness (QED) is 0.824. The summed E-state index contributed by atoms with van der Waals surface area (Å²) < 4.78 is 0. The number of hydrogen-bond donors (Lipinski definition) is 0. The van der Waals surface area contributed by atoms with Crippen LogP contribution in [0.25, 0.3) is 0 Å². The smallest absolute Gasteiger partial charge is 0.222 e. The zero-order chi connectivity index (χ0) is 17.6. The molecule has 2 aliphatic heterocycles. The molecule has 0 radical (unpaired) electrons. The van der Waals surface area contributed by atoms with Gasteiger partial charge >= 0.3 is 0 Å². The van der Waals surface area contributed by atoms with Gasteiger partial charge in [0.15, 0.2) is 0 Å². The van der Waals surface area contributed by atoms with Crippen LogP contribution >= 0.6 is 0 Å². The van der Waals surface area contributed by atoms with Gasteiger partial charge in [0.05, 0.1) is 6.04 Å². The van der Waals surface area contributed by atoms with Crippen molar-refractivity contribution >= 4 is 11.8 Å². The molecule has 0 aliphatic carbocycles. The molecule has 136 valence electrons. The van der Waals surface area contributed by atoms with Crippen molar-refractivity contribution in [3.05, 3.63) is 35.9 Å². The second kappa shape index (κ2) is 8.48. The summed E-state index contributed by atoms with van der Waals surface area (Å²) >= 11 is 0. The molecule has 0 spiro atoms. The highest BCUT2D eigenvalue weighted by atomic mass is 16.2. The molecule has 25 heavy (non-hydrogen) atoms. The summed E-state index contributed by atoms with van der Waals surface area (Å²) in [4.78, 5) is 30.7. The monoisotopic (exact) mass is 343 g/mol. The van der Waals surface area contributed by atoms with Gasteiger partial charge in [-0.2, -0.15) is 0 Å². The molecular weight excluding hydrogens is 314 g/mol. The van der Waals surface area contributed by atoms with Crippen LogP contribution in [0.5, 0.6) is 0 Å². The lowest BCUT2D eigenvalue weighted by atomic mass is 10.0. The van der Waals surface area contributed by atoms with Crippen molar-refractivity contribution in [1.82, 2.24) is 14.7 Å². The molecule has 2 heterocycles. The van der Waals surface area contributed by atoms with Crippen LogP contribution in [0.1, 0.15) is 43.7 Å². The van der Waals surface area contributed by atoms with Crippen molar-refractivity contribution in [3.8, 4) is 0 Å². The third-order valence-corrected chi connectivity index (χ3v) is 5.43. The molecule has 2 aliphatic rings. The van der Waals surface area contributed by atoms with E-state index < -0.39 is 0 Å². The van der Waals surface area contributed by atoms with Crippen LogP contribution in [0.2, 0.25) is 0 Å². The standard InChI is InChI=1S/C20H29N3O2/c1-21-14-15-23(16-18(21)17-8-3-2-4-9-17)20(25)11-7-13-22-12-6-5-10-19(22)24/h2-4,8-9,18H,5-7,10-16H2,1H3. The lowest BCUT2D eigenvalue weighted by Gasteiger charge is -2.40. The lowest BCUT2D eigenvalue weighted by Crippen LogP contribution is -2.49. The fourth-order valence-corrected chi connectivity index (χ4v) is 3.81. The van der Waals surface area contributed by atoms with E-state index in [-0.39, 0.29) is 17.9 Å². The molecule has 2 amide bonds. The maximum Gasteiger partial charge on any atom is 0.222 e. The van der Waals surface area contributed by atoms with E-state index >= 15 is 0 Å². The average molecular weight is 343 g/mol. The normalized spacial score (nSPS) is 22.3. The molecule has 5 heteroatoms. The van der Waals surface area contributed by atoms with Gasteiger partial charge in [0, 0.05) is 45.6 Å². The van der Waals surface area contributed by atoms with E-state index in [1.807, 2.05) is 15.9 Å². The minimum absolute atomic E-state index is 0.221. The van der Waals surface area contributed by atoms with E-state index in [4.69, 9.17) is 0 Å². The SMILES string of the molecule is CN1CCN(C(=O)CCCN2CCCCC2=O)CC1c1ccccc1. The van der Waals surface area contributed by atoms with Crippen molar-refractivity contribution in [2.75, 3.05) is 39.8 Å². The number of amides is 2. The van der Waals surface area contributed by atoms with Gasteiger partial charge in [-0.3, -0.25) is 14.5 Å². The number of likely N-dealkylation sites (N-methyl/N-ethyl adjacent to an activating group) is 1. The van der Waals surface area contributed by atoms with E-state index in [1.54, 1.807) is 0 Å². The van der Waals surface area contributed by atoms with E-state index in [1.165, 1.54) is 5.56 Å². The molecule has 0 aromatic heterocycles. The summed E-state index contributed by atoms with van der Waals surface area (Å²) in [5.41, 5.74) is 1.27. The van der Waals surface area contributed by atoms with E-state index in [0.717, 1.165) is 52.0 Å². The molecule has 3 rings (SSSR count). The topological polar surface area (TPSA) is 43.9 Å². The highest BCUT2D eigenvalue weighted by Gasteiger charge is 2.28. The van der Waals surface area contributed by atoms with Gasteiger partial charge in [0.1, 0.15) is 0 Å². The molecule has 2 saturated heterocycles. The van der Waals surface area contributed by atoms with Crippen LogP contribution in [0.4, 0.5) is 0 Å². The van der Waals surface area contributed by atoms with E-state index in [9.17, 15) is 9.59 Å². The first-order valence-corrected chi connectivity index (χ1v) is 9.46. The van der Waals surface area contributed by atoms with E-state index in [2.05, 4.69) is 36.2 Å². The fourth-order valence-electron chi connectivity index (χ4n) is 3.81. The van der Waals surface area contributed by atoms with Gasteiger partial charge in [0.25, 0.3) is 0 Å². The Bertz CT molecular complexity index is 590. The Morgan fingerprint density at radius 3 is 2.68 bits per heavy atom. The van der Waals surface area contributed by atoms with Gasteiger partial charge in [-0.1, -0.05) is 30.3 Å². The van der Waals surface area contributed by atoms with Crippen LogP contribution in [-0.4, -0.2) is 66.3 Å². The number of piperidine rings is 1. The predicted molar refractivity (Wildman–Crippen MR) is 98.1 cm³/mol. The summed E-state index contributed by atoms with van der Waals surface area (Å²) in [6.45, 7) is 4.03. The average Bonchev–Trinajstić information content (AvgIpc) is 2.64. The Labute approximate surface area is 150 Å².